The number of fused-ring (bicyclic) bond motifs is 3. The number of hydrogen-bond acceptors (Lipinski definition) is 5. The summed E-state index contributed by atoms with van der Waals surface area (Å²) in [6.45, 7) is 2.04. The molecule has 3 heterocycles. The van der Waals surface area contributed by atoms with Crippen molar-refractivity contribution in [1.82, 2.24) is 14.9 Å². The highest BCUT2D eigenvalue weighted by atomic mass is 32.2. The average Bonchev–Trinajstić information content (AvgIpc) is 3.37. The van der Waals surface area contributed by atoms with Crippen LogP contribution in [0.4, 0.5) is 5.69 Å². The monoisotopic (exact) mass is 430 g/mol. The number of anilines is 1. The van der Waals surface area contributed by atoms with Gasteiger partial charge in [0, 0.05) is 46.7 Å². The fourth-order valence-corrected chi connectivity index (χ4v) is 5.17. The van der Waals surface area contributed by atoms with Crippen molar-refractivity contribution in [3.05, 3.63) is 65.6 Å². The molecule has 0 radical (unpaired) electrons. The number of nitrogens with zero attached hydrogens (tertiary/aromatic N) is 3. The predicted octanol–water partition coefficient (Wildman–Crippen LogP) is 4.77. The molecule has 2 aromatic heterocycles. The van der Waals surface area contributed by atoms with E-state index in [1.807, 2.05) is 18.5 Å². The van der Waals surface area contributed by atoms with Gasteiger partial charge < -0.3 is 19.5 Å². The van der Waals surface area contributed by atoms with Gasteiger partial charge in [-0.25, -0.2) is 0 Å². The summed E-state index contributed by atoms with van der Waals surface area (Å²) in [4.78, 5) is 17.4. The van der Waals surface area contributed by atoms with Crippen LogP contribution in [0.3, 0.4) is 0 Å². The SMILES string of the molecule is COc1cc2c(cc1-c1ccc(N3CSC=C3NC=O)cc1)c1ccnc(C)c1n2C. The standard InChI is InChI=1S/C24H22N4O2S/c1-15-24-18(8-9-25-15)20-10-19(22(30-3)11-21(20)27(24)2)16-4-6-17(7-5-16)28-14-31-12-23(28)26-13-29/h4-13H,14H2,1-3H3,(H,26,29). The van der Waals surface area contributed by atoms with Gasteiger partial charge in [-0.05, 0) is 36.8 Å². The third kappa shape index (κ3) is 3.13. The fourth-order valence-electron chi connectivity index (χ4n) is 4.31. The number of methoxy groups -OCH3 is 1. The van der Waals surface area contributed by atoms with E-state index >= 15 is 0 Å². The number of benzene rings is 2. The Labute approximate surface area is 184 Å². The number of amides is 1. The molecule has 0 unspecified atom stereocenters. The van der Waals surface area contributed by atoms with Crippen LogP contribution in [0.1, 0.15) is 5.69 Å². The van der Waals surface area contributed by atoms with Crippen molar-refractivity contribution in [2.24, 2.45) is 7.05 Å². The zero-order valence-corrected chi connectivity index (χ0v) is 18.4. The smallest absolute Gasteiger partial charge is 0.212 e. The molecule has 6 nitrogen and oxygen atoms in total. The maximum absolute atomic E-state index is 10.9. The molecule has 0 bridgehead atoms. The van der Waals surface area contributed by atoms with Crippen LogP contribution < -0.4 is 15.0 Å². The molecular formula is C24H22N4O2S. The Kier molecular flexibility index (Phi) is 4.82. The molecule has 0 saturated carbocycles. The summed E-state index contributed by atoms with van der Waals surface area (Å²) in [5, 5.41) is 7.08. The Hall–Kier alpha value is -3.45. The molecule has 0 aliphatic carbocycles. The number of aryl methyl sites for hydroxylation is 2. The van der Waals surface area contributed by atoms with Gasteiger partial charge in [-0.2, -0.15) is 0 Å². The van der Waals surface area contributed by atoms with Crippen LogP contribution in [-0.2, 0) is 11.8 Å². The number of carbonyl (C=O) groups excluding carboxylic acids is 1. The molecule has 2 aromatic carbocycles. The maximum atomic E-state index is 10.9. The minimum absolute atomic E-state index is 0.709. The molecule has 0 spiro atoms. The first-order chi connectivity index (χ1) is 15.1. The van der Waals surface area contributed by atoms with Crippen LogP contribution in [0.15, 0.2) is 59.9 Å². The van der Waals surface area contributed by atoms with Crippen molar-refractivity contribution in [1.29, 1.82) is 0 Å². The first-order valence-electron chi connectivity index (χ1n) is 9.94. The molecule has 156 valence electrons. The van der Waals surface area contributed by atoms with Gasteiger partial charge in [0.05, 0.1) is 29.7 Å². The fraction of sp³-hybridized carbons (Fsp3) is 0.167. The second-order valence-corrected chi connectivity index (χ2v) is 8.28. The number of thioether (sulfide) groups is 1. The van der Waals surface area contributed by atoms with Gasteiger partial charge in [0.15, 0.2) is 0 Å². The minimum Gasteiger partial charge on any atom is -0.496 e. The van der Waals surface area contributed by atoms with Crippen LogP contribution in [0.5, 0.6) is 5.75 Å². The summed E-state index contributed by atoms with van der Waals surface area (Å²) in [6, 6.07) is 14.7. The molecule has 1 aliphatic rings. The number of ether oxygens (including phenoxy) is 1. The molecule has 1 aliphatic heterocycles. The molecule has 0 saturated heterocycles. The van der Waals surface area contributed by atoms with E-state index in [9.17, 15) is 4.79 Å². The Morgan fingerprint density at radius 1 is 1.16 bits per heavy atom. The number of carbonyl (C=O) groups is 1. The third-order valence-electron chi connectivity index (χ3n) is 5.80. The van der Waals surface area contributed by atoms with Gasteiger partial charge in [0.25, 0.3) is 0 Å². The lowest BCUT2D eigenvalue weighted by atomic mass is 10.0. The van der Waals surface area contributed by atoms with Gasteiger partial charge in [-0.1, -0.05) is 12.1 Å². The number of rotatable bonds is 5. The molecule has 7 heteroatoms. The zero-order valence-electron chi connectivity index (χ0n) is 17.5. The topological polar surface area (TPSA) is 59.4 Å². The number of aromatic nitrogens is 2. The van der Waals surface area contributed by atoms with Crippen LogP contribution in [0, 0.1) is 6.92 Å². The van der Waals surface area contributed by atoms with Gasteiger partial charge >= 0.3 is 0 Å². The summed E-state index contributed by atoms with van der Waals surface area (Å²) in [6.07, 6.45) is 2.57. The largest absolute Gasteiger partial charge is 0.496 e. The molecule has 4 aromatic rings. The summed E-state index contributed by atoms with van der Waals surface area (Å²) in [7, 11) is 3.78. The minimum atomic E-state index is 0.709. The van der Waals surface area contributed by atoms with E-state index in [1.165, 1.54) is 10.8 Å². The highest BCUT2D eigenvalue weighted by Gasteiger charge is 2.19. The van der Waals surface area contributed by atoms with Gasteiger partial charge in [-0.15, -0.1) is 11.8 Å². The number of hydrogen-bond donors (Lipinski definition) is 1. The molecule has 31 heavy (non-hydrogen) atoms. The van der Waals surface area contributed by atoms with Crippen molar-refractivity contribution in [2.45, 2.75) is 6.92 Å². The summed E-state index contributed by atoms with van der Waals surface area (Å²) in [5.41, 5.74) is 6.42. The molecule has 5 rings (SSSR count). The highest BCUT2D eigenvalue weighted by molar-refractivity contribution is 8.02. The Bertz CT molecular complexity index is 1340. The lowest BCUT2D eigenvalue weighted by Crippen LogP contribution is -2.27. The van der Waals surface area contributed by atoms with Crippen LogP contribution in [0.25, 0.3) is 32.9 Å². The number of pyridine rings is 1. The normalized spacial score (nSPS) is 13.6. The Balaban J connectivity index is 1.61. The van der Waals surface area contributed by atoms with Gasteiger partial charge in [0.2, 0.25) is 6.41 Å². The lowest BCUT2D eigenvalue weighted by Gasteiger charge is -2.21. The number of nitrogens with one attached hydrogen (secondary N) is 1. The van der Waals surface area contributed by atoms with Crippen molar-refractivity contribution < 1.29 is 9.53 Å². The maximum Gasteiger partial charge on any atom is 0.212 e. The van der Waals surface area contributed by atoms with Crippen LogP contribution >= 0.6 is 11.8 Å². The van der Waals surface area contributed by atoms with Crippen molar-refractivity contribution in [3.63, 3.8) is 0 Å². The quantitative estimate of drug-likeness (QED) is 0.463. The van der Waals surface area contributed by atoms with Crippen LogP contribution in [0.2, 0.25) is 0 Å². The predicted molar refractivity (Wildman–Crippen MR) is 127 cm³/mol. The van der Waals surface area contributed by atoms with E-state index < -0.39 is 0 Å². The van der Waals surface area contributed by atoms with Crippen molar-refractivity contribution >= 4 is 45.7 Å². The van der Waals surface area contributed by atoms with Gasteiger partial charge in [0.1, 0.15) is 11.6 Å². The Morgan fingerprint density at radius 2 is 1.97 bits per heavy atom. The molecular weight excluding hydrogens is 408 g/mol. The van der Waals surface area contributed by atoms with E-state index in [2.05, 4.69) is 69.3 Å². The first kappa shape index (κ1) is 19.5. The van der Waals surface area contributed by atoms with Crippen LogP contribution in [-0.4, -0.2) is 28.9 Å². The molecule has 1 amide bonds. The van der Waals surface area contributed by atoms with E-state index in [1.54, 1.807) is 18.9 Å². The highest BCUT2D eigenvalue weighted by Crippen LogP contribution is 2.39. The zero-order chi connectivity index (χ0) is 21.5. The third-order valence-corrected chi connectivity index (χ3v) is 6.60. The summed E-state index contributed by atoms with van der Waals surface area (Å²) in [5.74, 6) is 2.40. The summed E-state index contributed by atoms with van der Waals surface area (Å²) < 4.78 is 7.95. The average molecular weight is 431 g/mol. The molecule has 0 fully saturated rings. The second-order valence-electron chi connectivity index (χ2n) is 7.46. The van der Waals surface area contributed by atoms with E-state index in [4.69, 9.17) is 4.74 Å². The lowest BCUT2D eigenvalue weighted by molar-refractivity contribution is -0.108. The van der Waals surface area contributed by atoms with E-state index in [0.29, 0.717) is 6.41 Å². The molecule has 1 N–H and O–H groups in total. The van der Waals surface area contributed by atoms with E-state index in [0.717, 1.165) is 51.0 Å². The van der Waals surface area contributed by atoms with Crippen molar-refractivity contribution in [3.8, 4) is 16.9 Å². The van der Waals surface area contributed by atoms with E-state index in [-0.39, 0.29) is 0 Å². The Morgan fingerprint density at radius 3 is 2.71 bits per heavy atom. The molecule has 0 atom stereocenters. The van der Waals surface area contributed by atoms with Gasteiger partial charge in [-0.3, -0.25) is 9.78 Å². The second kappa shape index (κ2) is 7.67. The van der Waals surface area contributed by atoms with Crippen molar-refractivity contribution in [2.75, 3.05) is 17.9 Å². The summed E-state index contributed by atoms with van der Waals surface area (Å²) >= 11 is 1.65. The first-order valence-corrected chi connectivity index (χ1v) is 11.0.